The van der Waals surface area contributed by atoms with Gasteiger partial charge in [-0.05, 0) is 30.5 Å². The third kappa shape index (κ3) is 5.71. The number of carbonyl (C=O) groups is 3. The van der Waals surface area contributed by atoms with Crippen molar-refractivity contribution < 1.29 is 22.8 Å². The molecule has 0 radical (unpaired) electrons. The molecule has 0 bridgehead atoms. The number of nitrogens with one attached hydrogen (secondary N) is 3. The number of hydrogen-bond acceptors (Lipinski definition) is 5. The van der Waals surface area contributed by atoms with Crippen molar-refractivity contribution in [3.8, 4) is 0 Å². The van der Waals surface area contributed by atoms with Gasteiger partial charge in [-0.25, -0.2) is 17.9 Å². The van der Waals surface area contributed by atoms with Crippen LogP contribution < -0.4 is 15.4 Å². The summed E-state index contributed by atoms with van der Waals surface area (Å²) in [5.41, 5.74) is 0.292. The van der Waals surface area contributed by atoms with Gasteiger partial charge >= 0.3 is 6.03 Å². The number of imide groups is 1. The maximum atomic E-state index is 12.7. The lowest BCUT2D eigenvalue weighted by Crippen LogP contribution is -2.48. The van der Waals surface area contributed by atoms with Crippen molar-refractivity contribution in [1.29, 1.82) is 0 Å². The number of rotatable bonds is 9. The lowest BCUT2D eigenvalue weighted by molar-refractivity contribution is -0.132. The van der Waals surface area contributed by atoms with Crippen molar-refractivity contribution in [3.63, 3.8) is 0 Å². The number of benzene rings is 1. The summed E-state index contributed by atoms with van der Waals surface area (Å²) >= 11 is 0. The van der Waals surface area contributed by atoms with Crippen LogP contribution in [0.3, 0.4) is 0 Å². The summed E-state index contributed by atoms with van der Waals surface area (Å²) in [4.78, 5) is 38.4. The first-order valence-electron chi connectivity index (χ1n) is 10.4. The number of urea groups is 1. The standard InChI is InChI=1S/C21H28N4O5S/c1-2-13-22-31(29,30)15-16-6-8-17(9-7-16)23-18(26)10-14-25-19(27)21(24-20(25)28)11-4-3-5-12-21/h2,6-9,22H,1,3-5,10-15H2,(H,23,26)(H,24,28). The van der Waals surface area contributed by atoms with Crippen molar-refractivity contribution in [1.82, 2.24) is 14.9 Å². The van der Waals surface area contributed by atoms with Gasteiger partial charge in [-0.3, -0.25) is 14.5 Å². The van der Waals surface area contributed by atoms with Gasteiger partial charge in [0.15, 0.2) is 0 Å². The average Bonchev–Trinajstić information content (AvgIpc) is 2.95. The summed E-state index contributed by atoms with van der Waals surface area (Å²) in [6, 6.07) is 6.03. The first-order valence-corrected chi connectivity index (χ1v) is 12.0. The molecule has 3 N–H and O–H groups in total. The highest BCUT2D eigenvalue weighted by atomic mass is 32.2. The van der Waals surface area contributed by atoms with Crippen molar-refractivity contribution >= 4 is 33.6 Å². The van der Waals surface area contributed by atoms with Crippen LogP contribution >= 0.6 is 0 Å². The van der Waals surface area contributed by atoms with E-state index in [9.17, 15) is 22.8 Å². The molecule has 1 spiro atoms. The van der Waals surface area contributed by atoms with Crippen molar-refractivity contribution in [3.05, 3.63) is 42.5 Å². The summed E-state index contributed by atoms with van der Waals surface area (Å²) in [6.07, 6.45) is 5.60. The van der Waals surface area contributed by atoms with Crippen LogP contribution in [-0.4, -0.2) is 49.8 Å². The van der Waals surface area contributed by atoms with Crippen molar-refractivity contribution in [2.45, 2.75) is 49.8 Å². The van der Waals surface area contributed by atoms with Gasteiger partial charge in [0.1, 0.15) is 5.54 Å². The average molecular weight is 449 g/mol. The SMILES string of the molecule is C=CCNS(=O)(=O)Cc1ccc(NC(=O)CCN2C(=O)NC3(CCCCC3)C2=O)cc1. The lowest BCUT2D eigenvalue weighted by atomic mass is 9.82. The van der Waals surface area contributed by atoms with Crippen molar-refractivity contribution in [2.24, 2.45) is 0 Å². The predicted molar refractivity (Wildman–Crippen MR) is 117 cm³/mol. The van der Waals surface area contributed by atoms with E-state index in [0.717, 1.165) is 24.2 Å². The number of amides is 4. The Labute approximate surface area is 182 Å². The van der Waals surface area contributed by atoms with Gasteiger partial charge < -0.3 is 10.6 Å². The van der Waals surface area contributed by atoms with Gasteiger partial charge in [0.25, 0.3) is 5.91 Å². The monoisotopic (exact) mass is 448 g/mol. The molecule has 1 heterocycles. The third-order valence-corrected chi connectivity index (χ3v) is 6.88. The summed E-state index contributed by atoms with van der Waals surface area (Å²) < 4.78 is 26.2. The second-order valence-corrected chi connectivity index (χ2v) is 9.73. The van der Waals surface area contributed by atoms with Gasteiger partial charge in [-0.1, -0.05) is 37.5 Å². The Kier molecular flexibility index (Phi) is 7.11. The molecule has 0 atom stereocenters. The van der Waals surface area contributed by atoms with Gasteiger partial charge in [0.05, 0.1) is 5.75 Å². The fourth-order valence-corrected chi connectivity index (χ4v) is 5.06. The van der Waals surface area contributed by atoms with Crippen LogP contribution in [0.4, 0.5) is 10.5 Å². The minimum Gasteiger partial charge on any atom is -0.326 e. The highest BCUT2D eigenvalue weighted by molar-refractivity contribution is 7.88. The molecular weight excluding hydrogens is 420 g/mol. The summed E-state index contributed by atoms with van der Waals surface area (Å²) in [7, 11) is -3.46. The molecule has 2 aliphatic rings. The molecule has 31 heavy (non-hydrogen) atoms. The summed E-state index contributed by atoms with van der Waals surface area (Å²) in [6.45, 7) is 3.65. The van der Waals surface area contributed by atoms with E-state index in [-0.39, 0.29) is 37.1 Å². The van der Waals surface area contributed by atoms with Crippen LogP contribution in [0.1, 0.15) is 44.1 Å². The van der Waals surface area contributed by atoms with E-state index < -0.39 is 21.6 Å². The largest absolute Gasteiger partial charge is 0.326 e. The zero-order chi connectivity index (χ0) is 22.5. The zero-order valence-corrected chi connectivity index (χ0v) is 18.2. The van der Waals surface area contributed by atoms with E-state index in [1.165, 1.54) is 6.08 Å². The number of sulfonamides is 1. The van der Waals surface area contributed by atoms with Crippen LogP contribution in [-0.2, 0) is 25.4 Å². The zero-order valence-electron chi connectivity index (χ0n) is 17.4. The molecule has 168 valence electrons. The van der Waals surface area contributed by atoms with Gasteiger partial charge in [-0.2, -0.15) is 0 Å². The Morgan fingerprint density at radius 3 is 2.48 bits per heavy atom. The molecule has 1 aliphatic heterocycles. The van der Waals surface area contributed by atoms with Crippen molar-refractivity contribution in [2.75, 3.05) is 18.4 Å². The molecule has 1 saturated carbocycles. The van der Waals surface area contributed by atoms with E-state index in [4.69, 9.17) is 0 Å². The maximum Gasteiger partial charge on any atom is 0.325 e. The van der Waals surface area contributed by atoms with Crippen LogP contribution in [0.15, 0.2) is 36.9 Å². The molecule has 0 aromatic heterocycles. The minimum absolute atomic E-state index is 0.0170. The fraction of sp³-hybridized carbons (Fsp3) is 0.476. The fourth-order valence-electron chi connectivity index (χ4n) is 3.95. The van der Waals surface area contributed by atoms with Crippen LogP contribution in [0.25, 0.3) is 0 Å². The molecule has 1 aromatic rings. The normalized spacial score (nSPS) is 18.1. The topological polar surface area (TPSA) is 125 Å². The molecule has 0 unspecified atom stereocenters. The molecular formula is C21H28N4O5S. The summed E-state index contributed by atoms with van der Waals surface area (Å²) in [5.74, 6) is -0.748. The second kappa shape index (κ2) is 9.61. The molecule has 10 heteroatoms. The number of carbonyl (C=O) groups excluding carboxylic acids is 3. The maximum absolute atomic E-state index is 12.7. The molecule has 1 aliphatic carbocycles. The molecule has 1 aromatic carbocycles. The Morgan fingerprint density at radius 1 is 1.16 bits per heavy atom. The van der Waals surface area contributed by atoms with Crippen LogP contribution in [0.2, 0.25) is 0 Å². The van der Waals surface area contributed by atoms with E-state index in [1.54, 1.807) is 24.3 Å². The Hall–Kier alpha value is -2.72. The van der Waals surface area contributed by atoms with E-state index in [2.05, 4.69) is 21.9 Å². The molecule has 9 nitrogen and oxygen atoms in total. The first kappa shape index (κ1) is 23.0. The van der Waals surface area contributed by atoms with Gasteiger partial charge in [0.2, 0.25) is 15.9 Å². The Balaban J connectivity index is 1.50. The number of anilines is 1. The van der Waals surface area contributed by atoms with Gasteiger partial charge in [0, 0.05) is 25.2 Å². The smallest absolute Gasteiger partial charge is 0.325 e. The molecule has 1 saturated heterocycles. The quantitative estimate of drug-likeness (QED) is 0.393. The second-order valence-electron chi connectivity index (χ2n) is 7.92. The highest BCUT2D eigenvalue weighted by Gasteiger charge is 2.51. The van der Waals surface area contributed by atoms with Crippen LogP contribution in [0, 0.1) is 0 Å². The van der Waals surface area contributed by atoms with E-state index in [0.29, 0.717) is 24.1 Å². The lowest BCUT2D eigenvalue weighted by Gasteiger charge is -2.30. The number of hydrogen-bond donors (Lipinski definition) is 3. The Bertz CT molecular complexity index is 952. The molecule has 2 fully saturated rings. The van der Waals surface area contributed by atoms with Crippen LogP contribution in [0.5, 0.6) is 0 Å². The highest BCUT2D eigenvalue weighted by Crippen LogP contribution is 2.33. The number of nitrogens with zero attached hydrogens (tertiary/aromatic N) is 1. The van der Waals surface area contributed by atoms with E-state index in [1.807, 2.05) is 0 Å². The predicted octanol–water partition coefficient (Wildman–Crippen LogP) is 1.88. The Morgan fingerprint density at radius 2 is 1.84 bits per heavy atom. The van der Waals surface area contributed by atoms with E-state index >= 15 is 0 Å². The minimum atomic E-state index is -3.46. The first-order chi connectivity index (χ1) is 14.7. The van der Waals surface area contributed by atoms with Gasteiger partial charge in [-0.15, -0.1) is 6.58 Å². The molecule has 4 amide bonds. The molecule has 3 rings (SSSR count). The third-order valence-electron chi connectivity index (χ3n) is 5.56. The summed E-state index contributed by atoms with van der Waals surface area (Å²) in [5, 5.41) is 5.53.